The van der Waals surface area contributed by atoms with Gasteiger partial charge in [0.2, 0.25) is 0 Å². The molecule has 0 saturated carbocycles. The van der Waals surface area contributed by atoms with Crippen molar-refractivity contribution in [2.45, 2.75) is 38.1 Å². The van der Waals surface area contributed by atoms with E-state index in [2.05, 4.69) is 47.6 Å². The molecule has 5 heteroatoms. The van der Waals surface area contributed by atoms with Crippen molar-refractivity contribution in [2.75, 3.05) is 0 Å². The minimum Gasteiger partial charge on any atom is -0.237 e. The van der Waals surface area contributed by atoms with Crippen molar-refractivity contribution in [2.24, 2.45) is 5.18 Å². The molecule has 1 atom stereocenters. The molecule has 4 aromatic rings. The number of aromatic nitrogens is 2. The third-order valence-corrected chi connectivity index (χ3v) is 6.10. The minimum atomic E-state index is -0.276. The highest BCUT2D eigenvalue weighted by molar-refractivity contribution is 5.85. The van der Waals surface area contributed by atoms with Gasteiger partial charge < -0.3 is 0 Å². The molecule has 3 aromatic carbocycles. The molecule has 1 unspecified atom stereocenters. The molecule has 1 heterocycles. The van der Waals surface area contributed by atoms with Gasteiger partial charge in [0.05, 0.1) is 17.1 Å². The first-order valence-electron chi connectivity index (χ1n) is 10.4. The molecule has 1 aliphatic rings. The Bertz CT molecular complexity index is 1210. The Morgan fingerprint density at radius 1 is 1.03 bits per heavy atom. The molecule has 0 saturated heterocycles. The van der Waals surface area contributed by atoms with Gasteiger partial charge in [0, 0.05) is 5.92 Å². The Balaban J connectivity index is 1.61. The van der Waals surface area contributed by atoms with Crippen LogP contribution in [0.1, 0.15) is 41.3 Å². The van der Waals surface area contributed by atoms with Crippen LogP contribution in [-0.4, -0.2) is 9.78 Å². The minimum absolute atomic E-state index is 0.0670. The maximum Gasteiger partial charge on any atom is 0.125 e. The summed E-state index contributed by atoms with van der Waals surface area (Å²) in [7, 11) is 0. The van der Waals surface area contributed by atoms with E-state index in [0.29, 0.717) is 0 Å². The van der Waals surface area contributed by atoms with Gasteiger partial charge in [-0.25, -0.2) is 9.07 Å². The third-order valence-electron chi connectivity index (χ3n) is 6.10. The lowest BCUT2D eigenvalue weighted by atomic mass is 9.82. The SMILES string of the molecule is O=NCc1nn(-c2ccc(F)cc2)c2c1CCCC2Cc1cccc2ccccc12. The molecule has 0 spiro atoms. The monoisotopic (exact) mass is 399 g/mol. The molecule has 0 N–H and O–H groups in total. The molecule has 4 nitrogen and oxygen atoms in total. The van der Waals surface area contributed by atoms with Crippen LogP contribution in [0.25, 0.3) is 16.5 Å². The molecular formula is C25H22FN3O. The molecule has 30 heavy (non-hydrogen) atoms. The van der Waals surface area contributed by atoms with E-state index in [1.54, 1.807) is 12.1 Å². The van der Waals surface area contributed by atoms with Gasteiger partial charge in [-0.05, 0) is 71.8 Å². The third kappa shape index (κ3) is 3.30. The van der Waals surface area contributed by atoms with Gasteiger partial charge in [-0.2, -0.15) is 10.0 Å². The number of halogens is 1. The van der Waals surface area contributed by atoms with Gasteiger partial charge >= 0.3 is 0 Å². The van der Waals surface area contributed by atoms with Crippen LogP contribution in [0, 0.1) is 10.7 Å². The average molecular weight is 399 g/mol. The van der Waals surface area contributed by atoms with E-state index in [-0.39, 0.29) is 18.3 Å². The normalized spacial score (nSPS) is 15.8. The van der Waals surface area contributed by atoms with Crippen molar-refractivity contribution < 1.29 is 4.39 Å². The van der Waals surface area contributed by atoms with Gasteiger partial charge in [0.25, 0.3) is 0 Å². The second kappa shape index (κ2) is 7.82. The number of hydrogen-bond acceptors (Lipinski definition) is 3. The standard InChI is InChI=1S/C25H22FN3O/c26-20-11-13-21(14-12-20)29-25-19(8-4-10-23(25)24(28-29)16-27-30)15-18-7-3-6-17-5-1-2-9-22(17)18/h1-3,5-7,9,11-14,19H,4,8,10,15-16H2. The maximum absolute atomic E-state index is 13.5. The summed E-state index contributed by atoms with van der Waals surface area (Å²) in [5.41, 5.74) is 5.14. The van der Waals surface area contributed by atoms with Gasteiger partial charge in [-0.1, -0.05) is 47.6 Å². The van der Waals surface area contributed by atoms with E-state index in [0.717, 1.165) is 48.3 Å². The van der Waals surface area contributed by atoms with Gasteiger partial charge in [0.15, 0.2) is 0 Å². The highest BCUT2D eigenvalue weighted by Crippen LogP contribution is 2.38. The predicted molar refractivity (Wildman–Crippen MR) is 116 cm³/mol. The summed E-state index contributed by atoms with van der Waals surface area (Å²) < 4.78 is 15.4. The summed E-state index contributed by atoms with van der Waals surface area (Å²) in [6.07, 6.45) is 3.91. The lowest BCUT2D eigenvalue weighted by Gasteiger charge is -2.25. The quantitative estimate of drug-likeness (QED) is 0.381. The van der Waals surface area contributed by atoms with E-state index in [9.17, 15) is 9.30 Å². The van der Waals surface area contributed by atoms with Crippen LogP contribution in [-0.2, 0) is 19.4 Å². The molecule has 0 radical (unpaired) electrons. The summed E-state index contributed by atoms with van der Waals surface area (Å²) in [5, 5.41) is 10.3. The molecule has 1 aromatic heterocycles. The van der Waals surface area contributed by atoms with Crippen LogP contribution >= 0.6 is 0 Å². The number of nitrogens with zero attached hydrogens (tertiary/aromatic N) is 3. The number of hydrogen-bond donors (Lipinski definition) is 0. The Labute approximate surface area is 174 Å². The van der Waals surface area contributed by atoms with Gasteiger partial charge in [-0.3, -0.25) is 0 Å². The number of nitroso groups, excluding NO2 is 1. The Kier molecular flexibility index (Phi) is 4.87. The number of benzene rings is 3. The molecule has 1 aliphatic carbocycles. The van der Waals surface area contributed by atoms with Crippen LogP contribution in [0.5, 0.6) is 0 Å². The van der Waals surface area contributed by atoms with Crippen molar-refractivity contribution in [1.82, 2.24) is 9.78 Å². The second-order valence-electron chi connectivity index (χ2n) is 7.92. The van der Waals surface area contributed by atoms with E-state index in [1.807, 2.05) is 4.68 Å². The van der Waals surface area contributed by atoms with E-state index < -0.39 is 0 Å². The maximum atomic E-state index is 13.5. The topological polar surface area (TPSA) is 47.2 Å². The van der Waals surface area contributed by atoms with Crippen molar-refractivity contribution in [3.63, 3.8) is 0 Å². The summed E-state index contributed by atoms with van der Waals surface area (Å²) in [4.78, 5) is 11.0. The smallest absolute Gasteiger partial charge is 0.125 e. The van der Waals surface area contributed by atoms with Crippen LogP contribution < -0.4 is 0 Å². The Morgan fingerprint density at radius 2 is 1.83 bits per heavy atom. The van der Waals surface area contributed by atoms with Crippen molar-refractivity contribution in [3.8, 4) is 5.69 Å². The van der Waals surface area contributed by atoms with Crippen molar-refractivity contribution >= 4 is 10.8 Å². The summed E-state index contributed by atoms with van der Waals surface area (Å²) in [6, 6.07) is 21.3. The lowest BCUT2D eigenvalue weighted by molar-refractivity contribution is 0.525. The van der Waals surface area contributed by atoms with Gasteiger partial charge in [-0.15, -0.1) is 0 Å². The zero-order valence-corrected chi connectivity index (χ0v) is 16.6. The Hall–Kier alpha value is -3.34. The molecule has 0 bridgehead atoms. The number of rotatable bonds is 5. The van der Waals surface area contributed by atoms with Crippen LogP contribution in [0.4, 0.5) is 4.39 Å². The molecule has 0 amide bonds. The Morgan fingerprint density at radius 3 is 2.67 bits per heavy atom. The average Bonchev–Trinajstić information content (AvgIpc) is 3.14. The predicted octanol–water partition coefficient (Wildman–Crippen LogP) is 6.09. The van der Waals surface area contributed by atoms with Crippen LogP contribution in [0.15, 0.2) is 71.9 Å². The summed E-state index contributed by atoms with van der Waals surface area (Å²) in [5.74, 6) is -0.000581. The first-order chi connectivity index (χ1) is 14.7. The number of fused-ring (bicyclic) bond motifs is 2. The highest BCUT2D eigenvalue weighted by Gasteiger charge is 2.29. The second-order valence-corrected chi connectivity index (χ2v) is 7.92. The van der Waals surface area contributed by atoms with E-state index >= 15 is 0 Å². The summed E-state index contributed by atoms with van der Waals surface area (Å²) >= 11 is 0. The lowest BCUT2D eigenvalue weighted by Crippen LogP contribution is -2.16. The largest absolute Gasteiger partial charge is 0.237 e. The van der Waals surface area contributed by atoms with Crippen molar-refractivity contribution in [3.05, 3.63) is 100.0 Å². The van der Waals surface area contributed by atoms with Crippen LogP contribution in [0.2, 0.25) is 0 Å². The van der Waals surface area contributed by atoms with Gasteiger partial charge in [0.1, 0.15) is 12.4 Å². The molecule has 150 valence electrons. The van der Waals surface area contributed by atoms with Crippen molar-refractivity contribution in [1.29, 1.82) is 0 Å². The fraction of sp³-hybridized carbons (Fsp3) is 0.240. The molecule has 5 rings (SSSR count). The first kappa shape index (κ1) is 18.7. The van der Waals surface area contributed by atoms with Crippen LogP contribution in [0.3, 0.4) is 0 Å². The highest BCUT2D eigenvalue weighted by atomic mass is 19.1. The summed E-state index contributed by atoms with van der Waals surface area (Å²) in [6.45, 7) is 0.0670. The first-order valence-corrected chi connectivity index (χ1v) is 10.4. The molecule has 0 fully saturated rings. The zero-order chi connectivity index (χ0) is 20.5. The van der Waals surface area contributed by atoms with E-state index in [1.165, 1.54) is 28.5 Å². The molecular weight excluding hydrogens is 377 g/mol. The fourth-order valence-electron chi connectivity index (χ4n) is 4.77. The van der Waals surface area contributed by atoms with E-state index in [4.69, 9.17) is 5.10 Å². The molecule has 0 aliphatic heterocycles. The fourth-order valence-corrected chi connectivity index (χ4v) is 4.77. The zero-order valence-electron chi connectivity index (χ0n) is 16.6.